The maximum atomic E-state index is 12.7. The number of aryl methyl sites for hydroxylation is 2. The number of aliphatic hydroxyl groups excluding tert-OH is 1. The highest BCUT2D eigenvalue weighted by Gasteiger charge is 2.19. The minimum Gasteiger partial charge on any atom is -0.457 e. The first-order valence-corrected chi connectivity index (χ1v) is 9.14. The quantitative estimate of drug-likeness (QED) is 0.262. The van der Waals surface area contributed by atoms with Gasteiger partial charge in [0.1, 0.15) is 12.2 Å². The molecule has 2 N–H and O–H groups in total. The van der Waals surface area contributed by atoms with E-state index in [2.05, 4.69) is 5.32 Å². The molecule has 0 unspecified atom stereocenters. The fourth-order valence-electron chi connectivity index (χ4n) is 2.98. The van der Waals surface area contributed by atoms with Gasteiger partial charge in [0, 0.05) is 41.4 Å². The molecule has 2 aromatic carbocycles. The van der Waals surface area contributed by atoms with Gasteiger partial charge in [0.15, 0.2) is 0 Å². The molecule has 9 nitrogen and oxygen atoms in total. The van der Waals surface area contributed by atoms with Gasteiger partial charge in [0.05, 0.1) is 17.1 Å². The number of rotatable bonds is 7. The Morgan fingerprint density at radius 3 is 2.63 bits per heavy atom. The zero-order valence-corrected chi connectivity index (χ0v) is 16.4. The molecule has 1 aromatic heterocycles. The van der Waals surface area contributed by atoms with E-state index in [9.17, 15) is 19.7 Å². The third-order valence-corrected chi connectivity index (χ3v) is 4.66. The molecule has 0 spiro atoms. The van der Waals surface area contributed by atoms with Crippen LogP contribution in [0.3, 0.4) is 0 Å². The van der Waals surface area contributed by atoms with Crippen LogP contribution >= 0.6 is 0 Å². The molecular weight excluding hydrogens is 392 g/mol. The van der Waals surface area contributed by atoms with E-state index in [1.807, 2.05) is 19.9 Å². The number of hydrogen-bond acceptors (Lipinski definition) is 8. The Kier molecular flexibility index (Phi) is 6.12. The smallest absolute Gasteiger partial charge is 0.340 e. The topological polar surface area (TPSA) is 132 Å². The standard InChI is InChI=1S/C21H20N2O7/c1-12-7-16-14(9-20(25)30-19(16)8-13(12)2)11-29-21(26)17-10-15(23(27)28)3-4-18(17)22-5-6-24/h3-4,7-10,22,24H,5-6,11H2,1-2H3. The normalized spacial score (nSPS) is 10.8. The van der Waals surface area contributed by atoms with Crippen molar-refractivity contribution in [2.24, 2.45) is 0 Å². The highest BCUT2D eigenvalue weighted by Crippen LogP contribution is 2.25. The second-order valence-corrected chi connectivity index (χ2v) is 6.74. The van der Waals surface area contributed by atoms with Gasteiger partial charge in [-0.05, 0) is 43.2 Å². The maximum absolute atomic E-state index is 12.7. The number of hydrogen-bond donors (Lipinski definition) is 2. The van der Waals surface area contributed by atoms with Gasteiger partial charge in [-0.3, -0.25) is 10.1 Å². The molecule has 30 heavy (non-hydrogen) atoms. The molecule has 0 radical (unpaired) electrons. The van der Waals surface area contributed by atoms with Gasteiger partial charge in [-0.1, -0.05) is 0 Å². The number of benzene rings is 2. The Bertz CT molecular complexity index is 1180. The number of nitro benzene ring substituents is 1. The molecule has 0 bridgehead atoms. The SMILES string of the molecule is Cc1cc2oc(=O)cc(COC(=O)c3cc([N+](=O)[O-])ccc3NCCO)c2cc1C. The van der Waals surface area contributed by atoms with Gasteiger partial charge in [0.25, 0.3) is 5.69 Å². The molecule has 0 fully saturated rings. The first-order chi connectivity index (χ1) is 14.3. The van der Waals surface area contributed by atoms with Gasteiger partial charge in [-0.15, -0.1) is 0 Å². The van der Waals surface area contributed by atoms with Crippen molar-refractivity contribution in [3.8, 4) is 0 Å². The van der Waals surface area contributed by atoms with Crippen molar-refractivity contribution in [1.29, 1.82) is 0 Å². The monoisotopic (exact) mass is 412 g/mol. The summed E-state index contributed by atoms with van der Waals surface area (Å²) in [4.78, 5) is 35.0. The van der Waals surface area contributed by atoms with E-state index in [1.54, 1.807) is 6.07 Å². The van der Waals surface area contributed by atoms with Crippen LogP contribution in [0.2, 0.25) is 0 Å². The largest absolute Gasteiger partial charge is 0.457 e. The first-order valence-electron chi connectivity index (χ1n) is 9.14. The van der Waals surface area contributed by atoms with Gasteiger partial charge in [0.2, 0.25) is 0 Å². The lowest BCUT2D eigenvalue weighted by Crippen LogP contribution is -2.13. The van der Waals surface area contributed by atoms with E-state index in [-0.39, 0.29) is 31.0 Å². The highest BCUT2D eigenvalue weighted by molar-refractivity contribution is 5.96. The summed E-state index contributed by atoms with van der Waals surface area (Å²) in [7, 11) is 0. The number of carbonyl (C=O) groups is 1. The lowest BCUT2D eigenvalue weighted by molar-refractivity contribution is -0.384. The van der Waals surface area contributed by atoms with Crippen LogP contribution in [0.5, 0.6) is 0 Å². The lowest BCUT2D eigenvalue weighted by atomic mass is 10.0. The number of non-ortho nitro benzene ring substituents is 1. The van der Waals surface area contributed by atoms with Crippen LogP contribution in [0.1, 0.15) is 27.0 Å². The Morgan fingerprint density at radius 1 is 1.20 bits per heavy atom. The minimum absolute atomic E-state index is 0.0445. The molecule has 0 atom stereocenters. The number of esters is 1. The van der Waals surface area contributed by atoms with E-state index in [0.717, 1.165) is 17.2 Å². The summed E-state index contributed by atoms with van der Waals surface area (Å²) in [6, 6.07) is 8.57. The molecule has 0 aliphatic heterocycles. The number of aliphatic hydroxyl groups is 1. The van der Waals surface area contributed by atoms with Crippen LogP contribution in [0.4, 0.5) is 11.4 Å². The number of nitrogens with one attached hydrogen (secondary N) is 1. The summed E-state index contributed by atoms with van der Waals surface area (Å²) in [5.74, 6) is -0.802. The lowest BCUT2D eigenvalue weighted by Gasteiger charge is -2.12. The number of ether oxygens (including phenoxy) is 1. The van der Waals surface area contributed by atoms with Gasteiger partial charge in [-0.25, -0.2) is 9.59 Å². The van der Waals surface area contributed by atoms with Crippen molar-refractivity contribution in [3.63, 3.8) is 0 Å². The average molecular weight is 412 g/mol. The number of nitrogens with zero attached hydrogens (tertiary/aromatic N) is 1. The Hall–Kier alpha value is -3.72. The van der Waals surface area contributed by atoms with Crippen molar-refractivity contribution in [2.45, 2.75) is 20.5 Å². The van der Waals surface area contributed by atoms with Gasteiger partial charge in [-0.2, -0.15) is 0 Å². The second-order valence-electron chi connectivity index (χ2n) is 6.74. The van der Waals surface area contributed by atoms with Crippen LogP contribution in [-0.4, -0.2) is 29.2 Å². The maximum Gasteiger partial charge on any atom is 0.340 e. The molecule has 0 aliphatic rings. The number of fused-ring (bicyclic) bond motifs is 1. The number of carbonyl (C=O) groups excluding carboxylic acids is 1. The zero-order valence-electron chi connectivity index (χ0n) is 16.4. The predicted molar refractivity (Wildman–Crippen MR) is 110 cm³/mol. The van der Waals surface area contributed by atoms with Crippen molar-refractivity contribution in [1.82, 2.24) is 0 Å². The van der Waals surface area contributed by atoms with E-state index in [4.69, 9.17) is 14.3 Å². The Labute approximate surface area is 171 Å². The van der Waals surface area contributed by atoms with Crippen LogP contribution < -0.4 is 10.9 Å². The van der Waals surface area contributed by atoms with E-state index in [1.165, 1.54) is 18.2 Å². The summed E-state index contributed by atoms with van der Waals surface area (Å²) in [5, 5.41) is 23.5. The summed E-state index contributed by atoms with van der Waals surface area (Å²) in [5.41, 5.74) is 2.20. The van der Waals surface area contributed by atoms with Crippen LogP contribution in [0.15, 0.2) is 45.6 Å². The third kappa shape index (κ3) is 4.47. The molecule has 0 saturated heterocycles. The Morgan fingerprint density at radius 2 is 1.93 bits per heavy atom. The fourth-order valence-corrected chi connectivity index (χ4v) is 2.98. The van der Waals surface area contributed by atoms with Crippen LogP contribution in [0, 0.1) is 24.0 Å². The molecule has 0 aliphatic carbocycles. The molecular formula is C21H20N2O7. The van der Waals surface area contributed by atoms with E-state index < -0.39 is 16.5 Å². The molecule has 156 valence electrons. The van der Waals surface area contributed by atoms with Crippen molar-refractivity contribution < 1.29 is 24.0 Å². The average Bonchev–Trinajstić information content (AvgIpc) is 2.71. The van der Waals surface area contributed by atoms with Crippen molar-refractivity contribution in [2.75, 3.05) is 18.5 Å². The predicted octanol–water partition coefficient (Wildman–Crippen LogP) is 3.08. The first kappa shape index (κ1) is 21.0. The minimum atomic E-state index is -0.802. The molecule has 3 aromatic rings. The van der Waals surface area contributed by atoms with Crippen LogP contribution in [-0.2, 0) is 11.3 Å². The summed E-state index contributed by atoms with van der Waals surface area (Å²) < 4.78 is 10.6. The molecule has 1 heterocycles. The molecule has 0 amide bonds. The highest BCUT2D eigenvalue weighted by atomic mass is 16.6. The van der Waals surface area contributed by atoms with E-state index in [0.29, 0.717) is 22.2 Å². The van der Waals surface area contributed by atoms with Gasteiger partial charge < -0.3 is 19.6 Å². The Balaban J connectivity index is 1.92. The number of nitro groups is 1. The molecule has 0 saturated carbocycles. The summed E-state index contributed by atoms with van der Waals surface area (Å²) >= 11 is 0. The van der Waals surface area contributed by atoms with Crippen LogP contribution in [0.25, 0.3) is 11.0 Å². The fraction of sp³-hybridized carbons (Fsp3) is 0.238. The second kappa shape index (κ2) is 8.75. The molecule has 3 rings (SSSR count). The van der Waals surface area contributed by atoms with Gasteiger partial charge >= 0.3 is 11.6 Å². The third-order valence-electron chi connectivity index (χ3n) is 4.66. The number of anilines is 1. The zero-order chi connectivity index (χ0) is 21.8. The summed E-state index contributed by atoms with van der Waals surface area (Å²) in [6.45, 7) is 3.56. The molecule has 9 heteroatoms. The summed E-state index contributed by atoms with van der Waals surface area (Å²) in [6.07, 6.45) is 0. The van der Waals surface area contributed by atoms with Crippen molar-refractivity contribution >= 4 is 28.3 Å². The van der Waals surface area contributed by atoms with Crippen molar-refractivity contribution in [3.05, 3.63) is 79.2 Å². The van der Waals surface area contributed by atoms with E-state index >= 15 is 0 Å².